The van der Waals surface area contributed by atoms with Gasteiger partial charge in [0.15, 0.2) is 29.3 Å². The number of aliphatic hydroxyl groups is 2. The first-order valence-corrected chi connectivity index (χ1v) is 16.6. The van der Waals surface area contributed by atoms with E-state index in [1.54, 1.807) is 11.8 Å². The number of hydrogen-bond acceptors (Lipinski definition) is 12. The number of carbonyl (C=O) groups excluding carboxylic acids is 2. The van der Waals surface area contributed by atoms with Crippen LogP contribution in [0.15, 0.2) is 67.0 Å². The van der Waals surface area contributed by atoms with Crippen LogP contribution in [-0.4, -0.2) is 91.3 Å². The zero-order valence-electron chi connectivity index (χ0n) is 28.1. The monoisotopic (exact) mass is 672 g/mol. The van der Waals surface area contributed by atoms with Crippen molar-refractivity contribution in [2.75, 3.05) is 29.9 Å². The maximum absolute atomic E-state index is 13.1. The summed E-state index contributed by atoms with van der Waals surface area (Å²) in [6.07, 6.45) is -4.29. The molecule has 6 atom stereocenters. The number of carbonyl (C=O) groups is 2. The highest BCUT2D eigenvalue weighted by molar-refractivity contribution is 5.85. The summed E-state index contributed by atoms with van der Waals surface area (Å²) in [5.41, 5.74) is 8.86. The number of likely N-dealkylation sites (N-methyl/N-ethyl adjacent to an activating group) is 1. The van der Waals surface area contributed by atoms with Crippen LogP contribution in [0.3, 0.4) is 0 Å². The Morgan fingerprint density at radius 3 is 2.31 bits per heavy atom. The number of rotatable bonds is 10. The van der Waals surface area contributed by atoms with E-state index in [1.165, 1.54) is 10.9 Å². The fourth-order valence-electron chi connectivity index (χ4n) is 6.40. The van der Waals surface area contributed by atoms with Crippen LogP contribution in [0.5, 0.6) is 0 Å². The number of nitrogens with one attached hydrogen (secondary N) is 2. The highest BCUT2D eigenvalue weighted by Crippen LogP contribution is 2.35. The summed E-state index contributed by atoms with van der Waals surface area (Å²) in [6, 6.07) is 20.2. The predicted molar refractivity (Wildman–Crippen MR) is 182 cm³/mol. The van der Waals surface area contributed by atoms with Gasteiger partial charge in [-0.25, -0.2) is 4.98 Å². The summed E-state index contributed by atoms with van der Waals surface area (Å²) in [5, 5.41) is 27.9. The van der Waals surface area contributed by atoms with Gasteiger partial charge in [0.1, 0.15) is 17.8 Å². The standard InChI is InChI=1S/C35H44N8O6/c1-5-37-31(46)27-25(44)26(45)32(48-27)43-19-39-24-29(38-18-23(20-12-8-6-9-13-20)21-14-10-7-11-15-21)40-34(41-30(24)43)42-17-16-22(28(42)36)33(47)49-35(2,3)4/h6-15,19,22-23,25-28,32,44-45H,5,16-18,36H2,1-4H3,(H,37,46)(H,38,40,41)/t22?,25-,26+,27-,28+,32?/m0/s1. The van der Waals surface area contributed by atoms with Gasteiger partial charge < -0.3 is 41.0 Å². The lowest BCUT2D eigenvalue weighted by atomic mass is 9.91. The molecule has 2 aliphatic heterocycles. The largest absolute Gasteiger partial charge is 0.460 e. The van der Waals surface area contributed by atoms with E-state index in [-0.39, 0.29) is 17.5 Å². The first-order valence-electron chi connectivity index (χ1n) is 16.6. The second kappa shape index (κ2) is 14.1. The van der Waals surface area contributed by atoms with Gasteiger partial charge in [0.25, 0.3) is 5.91 Å². The summed E-state index contributed by atoms with van der Waals surface area (Å²) in [7, 11) is 0. The van der Waals surface area contributed by atoms with E-state index in [0.717, 1.165) is 11.1 Å². The second-order valence-electron chi connectivity index (χ2n) is 13.4. The van der Waals surface area contributed by atoms with Gasteiger partial charge in [-0.1, -0.05) is 60.7 Å². The smallest absolute Gasteiger partial charge is 0.313 e. The first-order chi connectivity index (χ1) is 23.5. The van der Waals surface area contributed by atoms with Crippen LogP contribution < -0.4 is 21.3 Å². The lowest BCUT2D eigenvalue weighted by Crippen LogP contribution is -2.45. The molecule has 2 saturated heterocycles. The van der Waals surface area contributed by atoms with Gasteiger partial charge in [-0.3, -0.25) is 14.2 Å². The lowest BCUT2D eigenvalue weighted by Gasteiger charge is -2.27. The highest BCUT2D eigenvalue weighted by Gasteiger charge is 2.48. The summed E-state index contributed by atoms with van der Waals surface area (Å²) < 4.78 is 13.1. The summed E-state index contributed by atoms with van der Waals surface area (Å²) in [5.74, 6) is -0.947. The van der Waals surface area contributed by atoms with Gasteiger partial charge >= 0.3 is 5.97 Å². The molecule has 0 radical (unpaired) electrons. The number of ether oxygens (including phenoxy) is 2. The van der Waals surface area contributed by atoms with E-state index in [9.17, 15) is 19.8 Å². The van der Waals surface area contributed by atoms with E-state index < -0.39 is 54.1 Å². The number of hydrogen-bond donors (Lipinski definition) is 5. The summed E-state index contributed by atoms with van der Waals surface area (Å²) in [4.78, 5) is 41.7. The minimum Gasteiger partial charge on any atom is -0.460 e. The summed E-state index contributed by atoms with van der Waals surface area (Å²) in [6.45, 7) is 8.35. The average Bonchev–Trinajstić information content (AvgIpc) is 3.76. The fourth-order valence-corrected chi connectivity index (χ4v) is 6.40. The first kappa shape index (κ1) is 34.2. The Morgan fingerprint density at radius 1 is 1.04 bits per heavy atom. The Bertz CT molecular complexity index is 1730. The number of anilines is 2. The minimum atomic E-state index is -1.48. The van der Waals surface area contributed by atoms with Crippen molar-refractivity contribution in [3.8, 4) is 0 Å². The number of aromatic nitrogens is 4. The van der Waals surface area contributed by atoms with Crippen LogP contribution >= 0.6 is 0 Å². The molecule has 2 aromatic carbocycles. The van der Waals surface area contributed by atoms with Crippen molar-refractivity contribution in [1.82, 2.24) is 24.8 Å². The van der Waals surface area contributed by atoms with Gasteiger partial charge in [0.2, 0.25) is 5.95 Å². The summed E-state index contributed by atoms with van der Waals surface area (Å²) >= 11 is 0. The molecule has 0 spiro atoms. The number of nitrogens with zero attached hydrogens (tertiary/aromatic N) is 5. The van der Waals surface area contributed by atoms with Crippen molar-refractivity contribution in [1.29, 1.82) is 0 Å². The van der Waals surface area contributed by atoms with Crippen molar-refractivity contribution in [3.05, 3.63) is 78.1 Å². The Kier molecular flexibility index (Phi) is 9.84. The molecular formula is C35H44N8O6. The fraction of sp³-hybridized carbons (Fsp3) is 0.457. The van der Waals surface area contributed by atoms with Crippen LogP contribution in [0.25, 0.3) is 11.2 Å². The number of esters is 1. The Hall–Kier alpha value is -4.63. The molecule has 0 aliphatic carbocycles. The third kappa shape index (κ3) is 7.08. The quantitative estimate of drug-likeness (QED) is 0.155. The lowest BCUT2D eigenvalue weighted by molar-refractivity contribution is -0.160. The molecule has 260 valence electrons. The van der Waals surface area contributed by atoms with Crippen molar-refractivity contribution in [2.24, 2.45) is 11.7 Å². The van der Waals surface area contributed by atoms with Crippen LogP contribution in [0.1, 0.15) is 57.4 Å². The molecule has 49 heavy (non-hydrogen) atoms. The van der Waals surface area contributed by atoms with Crippen LogP contribution in [-0.2, 0) is 19.1 Å². The third-order valence-corrected chi connectivity index (χ3v) is 8.83. The number of aliphatic hydroxyl groups excluding tert-OH is 2. The Labute approximate surface area is 284 Å². The molecular weight excluding hydrogens is 628 g/mol. The number of fused-ring (bicyclic) bond motifs is 1. The van der Waals surface area contributed by atoms with Crippen LogP contribution in [0.4, 0.5) is 11.8 Å². The van der Waals surface area contributed by atoms with Crippen molar-refractivity contribution < 1.29 is 29.3 Å². The molecule has 6 rings (SSSR count). The van der Waals surface area contributed by atoms with Gasteiger partial charge in [-0.2, -0.15) is 9.97 Å². The predicted octanol–water partition coefficient (Wildman–Crippen LogP) is 2.28. The molecule has 14 nitrogen and oxygen atoms in total. The van der Waals surface area contributed by atoms with E-state index in [2.05, 4.69) is 39.9 Å². The zero-order chi connectivity index (χ0) is 34.9. The number of imidazole rings is 1. The van der Waals surface area contributed by atoms with E-state index in [1.807, 2.05) is 57.2 Å². The molecule has 2 fully saturated rings. The molecule has 6 N–H and O–H groups in total. The Balaban J connectivity index is 1.38. The van der Waals surface area contributed by atoms with Gasteiger partial charge in [-0.05, 0) is 45.2 Å². The maximum atomic E-state index is 13.1. The van der Waals surface area contributed by atoms with E-state index in [0.29, 0.717) is 37.4 Å². The van der Waals surface area contributed by atoms with Crippen molar-refractivity contribution in [2.45, 2.75) is 76.3 Å². The topological polar surface area (TPSA) is 190 Å². The van der Waals surface area contributed by atoms with Gasteiger partial charge in [0, 0.05) is 25.6 Å². The van der Waals surface area contributed by atoms with E-state index >= 15 is 0 Å². The van der Waals surface area contributed by atoms with E-state index in [4.69, 9.17) is 25.2 Å². The molecule has 4 aromatic rings. The highest BCUT2D eigenvalue weighted by atomic mass is 16.6. The van der Waals surface area contributed by atoms with Crippen LogP contribution in [0.2, 0.25) is 0 Å². The van der Waals surface area contributed by atoms with Gasteiger partial charge in [-0.15, -0.1) is 0 Å². The zero-order valence-corrected chi connectivity index (χ0v) is 28.1. The molecule has 14 heteroatoms. The number of amides is 1. The molecule has 2 unspecified atom stereocenters. The van der Waals surface area contributed by atoms with Gasteiger partial charge in [0.05, 0.1) is 18.4 Å². The molecule has 0 bridgehead atoms. The molecule has 4 heterocycles. The SMILES string of the molecule is CCNC(=O)[C@H]1OC(n2cnc3c(NCC(c4ccccc4)c4ccccc4)nc(N4CCC(C(=O)OC(C)(C)C)[C@@H]4N)nc32)[C@H](O)[C@@H]1O. The van der Waals surface area contributed by atoms with Crippen LogP contribution in [0, 0.1) is 5.92 Å². The molecule has 2 aliphatic rings. The maximum Gasteiger partial charge on any atom is 0.313 e. The van der Waals surface area contributed by atoms with Crippen molar-refractivity contribution >= 4 is 34.8 Å². The third-order valence-electron chi connectivity index (χ3n) is 8.83. The molecule has 2 aromatic heterocycles. The minimum absolute atomic E-state index is 0.0449. The normalized spacial score (nSPS) is 24.0. The number of nitrogens with two attached hydrogens (primary N) is 1. The Morgan fingerprint density at radius 2 is 1.69 bits per heavy atom. The second-order valence-corrected chi connectivity index (χ2v) is 13.4. The average molecular weight is 673 g/mol. The molecule has 1 amide bonds. The number of benzene rings is 2. The van der Waals surface area contributed by atoms with Crippen molar-refractivity contribution in [3.63, 3.8) is 0 Å². The molecule has 0 saturated carbocycles.